The van der Waals surface area contributed by atoms with Crippen LogP contribution >= 0.6 is 0 Å². The number of aromatic nitrogens is 2. The van der Waals surface area contributed by atoms with Crippen molar-refractivity contribution in [2.45, 2.75) is 32.9 Å². The second-order valence-electron chi connectivity index (χ2n) is 5.92. The fourth-order valence-corrected chi connectivity index (χ4v) is 3.04. The van der Waals surface area contributed by atoms with Crippen LogP contribution in [0.1, 0.15) is 25.6 Å². The van der Waals surface area contributed by atoms with Gasteiger partial charge in [-0.3, -0.25) is 4.90 Å². The van der Waals surface area contributed by atoms with E-state index in [1.54, 1.807) is 0 Å². The Morgan fingerprint density at radius 2 is 2.00 bits per heavy atom. The molecule has 2 aromatic rings. The lowest BCUT2D eigenvalue weighted by Gasteiger charge is -2.29. The Balaban J connectivity index is 1.84. The number of piperidine rings is 1. The van der Waals surface area contributed by atoms with Gasteiger partial charge in [-0.05, 0) is 44.0 Å². The standard InChI is InChI=1S/C16H24N4/c1-13-6-9-19(10-7-13)12-16-18-14-4-2-3-5-15(14)20(16)11-8-17/h2-5,13H,6-12,17H2,1H3. The van der Waals surface area contributed by atoms with Crippen molar-refractivity contribution in [3.05, 3.63) is 30.1 Å². The Bertz CT molecular complexity index is 567. The third-order valence-corrected chi connectivity index (χ3v) is 4.33. The summed E-state index contributed by atoms with van der Waals surface area (Å²) < 4.78 is 2.29. The lowest BCUT2D eigenvalue weighted by Crippen LogP contribution is -2.33. The molecule has 0 bridgehead atoms. The highest BCUT2D eigenvalue weighted by atomic mass is 15.2. The average molecular weight is 272 g/mol. The molecule has 0 radical (unpaired) electrons. The predicted molar refractivity (Wildman–Crippen MR) is 82.5 cm³/mol. The summed E-state index contributed by atoms with van der Waals surface area (Å²) in [5.41, 5.74) is 8.06. The molecule has 0 atom stereocenters. The second kappa shape index (κ2) is 5.94. The summed E-state index contributed by atoms with van der Waals surface area (Å²) in [6.45, 7) is 7.17. The minimum absolute atomic E-state index is 0.657. The van der Waals surface area contributed by atoms with Crippen LogP contribution in [0.15, 0.2) is 24.3 Å². The molecule has 4 heteroatoms. The minimum atomic E-state index is 0.657. The summed E-state index contributed by atoms with van der Waals surface area (Å²) in [6, 6.07) is 8.35. The molecule has 1 aliphatic rings. The number of nitrogens with zero attached hydrogens (tertiary/aromatic N) is 3. The van der Waals surface area contributed by atoms with E-state index in [-0.39, 0.29) is 0 Å². The summed E-state index contributed by atoms with van der Waals surface area (Å²) in [5.74, 6) is 2.03. The van der Waals surface area contributed by atoms with Crippen molar-refractivity contribution in [2.75, 3.05) is 19.6 Å². The molecule has 0 unspecified atom stereocenters. The van der Waals surface area contributed by atoms with E-state index in [4.69, 9.17) is 10.7 Å². The SMILES string of the molecule is CC1CCN(Cc2nc3ccccc3n2CCN)CC1. The molecule has 1 fully saturated rings. The molecule has 2 heterocycles. The molecule has 1 aromatic heterocycles. The number of benzene rings is 1. The van der Waals surface area contributed by atoms with E-state index in [9.17, 15) is 0 Å². The van der Waals surface area contributed by atoms with Crippen molar-refractivity contribution in [3.63, 3.8) is 0 Å². The molecule has 0 spiro atoms. The molecule has 20 heavy (non-hydrogen) atoms. The van der Waals surface area contributed by atoms with Gasteiger partial charge in [0.1, 0.15) is 5.82 Å². The van der Waals surface area contributed by atoms with Gasteiger partial charge in [0, 0.05) is 13.1 Å². The first kappa shape index (κ1) is 13.6. The second-order valence-corrected chi connectivity index (χ2v) is 5.92. The highest BCUT2D eigenvalue weighted by molar-refractivity contribution is 5.75. The average Bonchev–Trinajstić information content (AvgIpc) is 2.80. The summed E-state index contributed by atoms with van der Waals surface area (Å²) >= 11 is 0. The molecule has 0 saturated carbocycles. The molecule has 1 aromatic carbocycles. The topological polar surface area (TPSA) is 47.1 Å². The van der Waals surface area contributed by atoms with Gasteiger partial charge < -0.3 is 10.3 Å². The quantitative estimate of drug-likeness (QED) is 0.928. The van der Waals surface area contributed by atoms with Crippen molar-refractivity contribution in [2.24, 2.45) is 11.7 Å². The molecule has 1 aliphatic heterocycles. The number of likely N-dealkylation sites (tertiary alicyclic amines) is 1. The number of nitrogens with two attached hydrogens (primary N) is 1. The molecule has 1 saturated heterocycles. The highest BCUT2D eigenvalue weighted by Crippen LogP contribution is 2.20. The first-order valence-corrected chi connectivity index (χ1v) is 7.64. The number of para-hydroxylation sites is 2. The van der Waals surface area contributed by atoms with Gasteiger partial charge in [0.2, 0.25) is 0 Å². The van der Waals surface area contributed by atoms with Gasteiger partial charge in [-0.1, -0.05) is 19.1 Å². The Morgan fingerprint density at radius 1 is 1.25 bits per heavy atom. The smallest absolute Gasteiger partial charge is 0.124 e. The molecule has 0 aliphatic carbocycles. The van der Waals surface area contributed by atoms with Crippen molar-refractivity contribution in [1.29, 1.82) is 0 Å². The van der Waals surface area contributed by atoms with E-state index < -0.39 is 0 Å². The predicted octanol–water partition coefficient (Wildman–Crippen LogP) is 2.23. The van der Waals surface area contributed by atoms with Crippen LogP contribution in [0, 0.1) is 5.92 Å². The van der Waals surface area contributed by atoms with E-state index in [1.165, 1.54) is 31.4 Å². The molecule has 108 valence electrons. The van der Waals surface area contributed by atoms with E-state index in [0.717, 1.165) is 30.3 Å². The van der Waals surface area contributed by atoms with Gasteiger partial charge in [0.25, 0.3) is 0 Å². The summed E-state index contributed by atoms with van der Waals surface area (Å²) in [5, 5.41) is 0. The minimum Gasteiger partial charge on any atom is -0.329 e. The van der Waals surface area contributed by atoms with Gasteiger partial charge in [0.05, 0.1) is 17.6 Å². The van der Waals surface area contributed by atoms with Gasteiger partial charge in [0.15, 0.2) is 0 Å². The number of fused-ring (bicyclic) bond motifs is 1. The molecule has 2 N–H and O–H groups in total. The van der Waals surface area contributed by atoms with Crippen LogP contribution in [0.25, 0.3) is 11.0 Å². The first-order chi connectivity index (χ1) is 9.78. The van der Waals surface area contributed by atoms with Crippen LogP contribution in [-0.2, 0) is 13.1 Å². The van der Waals surface area contributed by atoms with Crippen LogP contribution in [0.4, 0.5) is 0 Å². The summed E-state index contributed by atoms with van der Waals surface area (Å²) in [7, 11) is 0. The maximum absolute atomic E-state index is 5.77. The molecule has 0 amide bonds. The lowest BCUT2D eigenvalue weighted by atomic mass is 9.99. The molecule has 4 nitrogen and oxygen atoms in total. The van der Waals surface area contributed by atoms with E-state index in [2.05, 4.69) is 40.7 Å². The number of rotatable bonds is 4. The number of hydrogen-bond donors (Lipinski definition) is 1. The normalized spacial score (nSPS) is 17.9. The zero-order valence-corrected chi connectivity index (χ0v) is 12.3. The van der Waals surface area contributed by atoms with Crippen LogP contribution in [-0.4, -0.2) is 34.1 Å². The maximum Gasteiger partial charge on any atom is 0.124 e. The Labute approximate surface area is 120 Å². The zero-order valence-electron chi connectivity index (χ0n) is 12.3. The van der Waals surface area contributed by atoms with Crippen molar-refractivity contribution in [3.8, 4) is 0 Å². The summed E-state index contributed by atoms with van der Waals surface area (Å²) in [6.07, 6.45) is 2.61. The Kier molecular flexibility index (Phi) is 4.03. The Hall–Kier alpha value is -1.39. The third kappa shape index (κ3) is 2.72. The van der Waals surface area contributed by atoms with Crippen LogP contribution in [0.2, 0.25) is 0 Å². The van der Waals surface area contributed by atoms with Crippen molar-refractivity contribution >= 4 is 11.0 Å². The van der Waals surface area contributed by atoms with E-state index in [1.807, 2.05) is 0 Å². The first-order valence-electron chi connectivity index (χ1n) is 7.64. The van der Waals surface area contributed by atoms with Gasteiger partial charge in [-0.2, -0.15) is 0 Å². The van der Waals surface area contributed by atoms with Crippen molar-refractivity contribution in [1.82, 2.24) is 14.5 Å². The van der Waals surface area contributed by atoms with Gasteiger partial charge >= 0.3 is 0 Å². The van der Waals surface area contributed by atoms with Crippen LogP contribution in [0.3, 0.4) is 0 Å². The molecular formula is C16H24N4. The number of imidazole rings is 1. The van der Waals surface area contributed by atoms with Gasteiger partial charge in [-0.25, -0.2) is 4.98 Å². The van der Waals surface area contributed by atoms with Crippen LogP contribution in [0.5, 0.6) is 0 Å². The van der Waals surface area contributed by atoms with E-state index >= 15 is 0 Å². The Morgan fingerprint density at radius 3 is 2.75 bits per heavy atom. The summed E-state index contributed by atoms with van der Waals surface area (Å²) in [4.78, 5) is 7.33. The third-order valence-electron chi connectivity index (χ3n) is 4.33. The lowest BCUT2D eigenvalue weighted by molar-refractivity contribution is 0.180. The highest BCUT2D eigenvalue weighted by Gasteiger charge is 2.18. The van der Waals surface area contributed by atoms with Crippen LogP contribution < -0.4 is 5.73 Å². The van der Waals surface area contributed by atoms with Gasteiger partial charge in [-0.15, -0.1) is 0 Å². The number of hydrogen-bond acceptors (Lipinski definition) is 3. The molecule has 3 rings (SSSR count). The maximum atomic E-state index is 5.77. The largest absolute Gasteiger partial charge is 0.329 e. The zero-order chi connectivity index (χ0) is 13.9. The monoisotopic (exact) mass is 272 g/mol. The fraction of sp³-hybridized carbons (Fsp3) is 0.562. The van der Waals surface area contributed by atoms with Crippen molar-refractivity contribution < 1.29 is 0 Å². The van der Waals surface area contributed by atoms with E-state index in [0.29, 0.717) is 6.54 Å². The fourth-order valence-electron chi connectivity index (χ4n) is 3.04. The molecular weight excluding hydrogens is 248 g/mol.